The smallest absolute Gasteiger partial charge is 0.407 e. The summed E-state index contributed by atoms with van der Waals surface area (Å²) in [6, 6.07) is 0.779. The third-order valence-corrected chi connectivity index (χ3v) is 7.73. The van der Waals surface area contributed by atoms with Gasteiger partial charge in [-0.3, -0.25) is 10.1 Å². The Hall–Kier alpha value is -2.96. The molecule has 1 aliphatic heterocycles. The van der Waals surface area contributed by atoms with E-state index in [0.717, 1.165) is 33.5 Å². The summed E-state index contributed by atoms with van der Waals surface area (Å²) in [6.07, 6.45) is -5.67. The Bertz CT molecular complexity index is 1090. The number of piperazine rings is 1. The van der Waals surface area contributed by atoms with E-state index in [4.69, 9.17) is 5.11 Å². The molecule has 3 rings (SSSR count). The minimum absolute atomic E-state index is 0.142. The van der Waals surface area contributed by atoms with Crippen molar-refractivity contribution in [3.63, 3.8) is 0 Å². The number of hydrogen-bond acceptors (Lipinski definition) is 6. The summed E-state index contributed by atoms with van der Waals surface area (Å²) in [5.74, 6) is -2.95. The Balaban J connectivity index is 1.85. The van der Waals surface area contributed by atoms with Gasteiger partial charge in [0.25, 0.3) is 0 Å². The molecule has 0 radical (unpaired) electrons. The highest BCUT2D eigenvalue weighted by molar-refractivity contribution is 7.89. The van der Waals surface area contributed by atoms with E-state index in [-0.39, 0.29) is 39.0 Å². The van der Waals surface area contributed by atoms with Gasteiger partial charge in [0.15, 0.2) is 0 Å². The molecule has 0 bridgehead atoms. The molecule has 15 heteroatoms. The number of hydrogen-bond donors (Lipinski definition) is 3. The van der Waals surface area contributed by atoms with Crippen LogP contribution >= 0.6 is 0 Å². The highest BCUT2D eigenvalue weighted by Gasteiger charge is 2.48. The normalized spacial score (nSPS) is 19.9. The maximum atomic E-state index is 13.9. The first-order chi connectivity index (χ1) is 16.3. The summed E-state index contributed by atoms with van der Waals surface area (Å²) in [5.41, 5.74) is -1.71. The predicted octanol–water partition coefficient (Wildman–Crippen LogP) is 1.19. The van der Waals surface area contributed by atoms with Crippen molar-refractivity contribution in [1.82, 2.24) is 19.8 Å². The van der Waals surface area contributed by atoms with Crippen molar-refractivity contribution < 1.29 is 40.7 Å². The number of nitrogens with one attached hydrogen (secondary N) is 2. The number of nitriles is 1. The number of carbonyl (C=O) groups is 2. The van der Waals surface area contributed by atoms with E-state index in [1.165, 1.54) is 0 Å². The monoisotopic (exact) mass is 521 g/mol. The molecule has 1 heterocycles. The SMILES string of the molecule is N#CC1(NC(=O)C(CS(=O)(=O)N2CCN(C(=O)O)CC2)N[C@H](c2ccc(F)cc2)C(F)(F)F)CC1. The number of benzene rings is 1. The van der Waals surface area contributed by atoms with Gasteiger partial charge < -0.3 is 15.3 Å². The van der Waals surface area contributed by atoms with Gasteiger partial charge in [-0.15, -0.1) is 0 Å². The average Bonchev–Trinajstić information content (AvgIpc) is 3.56. The maximum Gasteiger partial charge on any atom is 0.407 e. The summed E-state index contributed by atoms with van der Waals surface area (Å²) in [5, 5.41) is 22.6. The zero-order chi connectivity index (χ0) is 26.0. The second-order valence-electron chi connectivity index (χ2n) is 8.38. The van der Waals surface area contributed by atoms with Crippen LogP contribution in [0.2, 0.25) is 0 Å². The Morgan fingerprint density at radius 2 is 1.71 bits per heavy atom. The molecule has 2 aliphatic rings. The molecule has 2 atom stereocenters. The van der Waals surface area contributed by atoms with E-state index in [0.29, 0.717) is 0 Å². The molecule has 0 spiro atoms. The van der Waals surface area contributed by atoms with Crippen LogP contribution in [0.5, 0.6) is 0 Å². The maximum absolute atomic E-state index is 13.9. The molecule has 1 unspecified atom stereocenters. The first kappa shape index (κ1) is 26.6. The predicted molar refractivity (Wildman–Crippen MR) is 113 cm³/mol. The molecule has 1 aliphatic carbocycles. The third-order valence-electron chi connectivity index (χ3n) is 5.82. The van der Waals surface area contributed by atoms with Crippen molar-refractivity contribution in [3.8, 4) is 6.07 Å². The highest BCUT2D eigenvalue weighted by atomic mass is 32.2. The Morgan fingerprint density at radius 1 is 1.14 bits per heavy atom. The molecule has 192 valence electrons. The quantitative estimate of drug-likeness (QED) is 0.436. The van der Waals surface area contributed by atoms with E-state index in [1.807, 2.05) is 11.4 Å². The van der Waals surface area contributed by atoms with Gasteiger partial charge in [-0.05, 0) is 30.5 Å². The number of sulfonamides is 1. The van der Waals surface area contributed by atoms with Gasteiger partial charge in [0.2, 0.25) is 15.9 Å². The van der Waals surface area contributed by atoms with Gasteiger partial charge >= 0.3 is 12.3 Å². The first-order valence-electron chi connectivity index (χ1n) is 10.5. The molecule has 3 N–H and O–H groups in total. The van der Waals surface area contributed by atoms with E-state index < -0.39 is 63.0 Å². The Kier molecular flexibility index (Phi) is 7.58. The standard InChI is InChI=1S/C20H23F4N5O5S/c21-14-3-1-13(2-4-14)16(20(22,23)24)26-15(17(30)27-19(12-25)5-6-19)11-35(33,34)29-9-7-28(8-10-29)18(31)32/h1-4,15-16,26H,5-11H2,(H,27,30)(H,31,32)/t15?,16-/m1/s1. The largest absolute Gasteiger partial charge is 0.465 e. The average molecular weight is 521 g/mol. The Morgan fingerprint density at radius 3 is 2.17 bits per heavy atom. The van der Waals surface area contributed by atoms with Crippen molar-refractivity contribution in [2.45, 2.75) is 36.6 Å². The molecule has 1 saturated carbocycles. The second kappa shape index (κ2) is 9.96. The van der Waals surface area contributed by atoms with E-state index in [9.17, 15) is 40.8 Å². The number of amides is 2. The number of carboxylic acid groups (broad SMARTS) is 1. The summed E-state index contributed by atoms with van der Waals surface area (Å²) >= 11 is 0. The molecule has 2 amide bonds. The van der Waals surface area contributed by atoms with Crippen LogP contribution in [-0.4, -0.2) is 84.4 Å². The van der Waals surface area contributed by atoms with Crippen molar-refractivity contribution in [2.24, 2.45) is 0 Å². The Labute approximate surface area is 198 Å². The van der Waals surface area contributed by atoms with Gasteiger partial charge in [0, 0.05) is 26.2 Å². The summed E-state index contributed by atoms with van der Waals surface area (Å²) in [7, 11) is -4.32. The summed E-state index contributed by atoms with van der Waals surface area (Å²) in [6.45, 7) is -0.744. The van der Waals surface area contributed by atoms with Crippen molar-refractivity contribution in [3.05, 3.63) is 35.6 Å². The lowest BCUT2D eigenvalue weighted by Crippen LogP contribution is -2.57. The van der Waals surface area contributed by atoms with Gasteiger partial charge in [-0.2, -0.15) is 22.7 Å². The highest BCUT2D eigenvalue weighted by Crippen LogP contribution is 2.36. The van der Waals surface area contributed by atoms with Gasteiger partial charge in [-0.1, -0.05) is 12.1 Å². The minimum atomic E-state index is -4.97. The van der Waals surface area contributed by atoms with Crippen LogP contribution in [0.25, 0.3) is 0 Å². The molecular formula is C20H23F4N5O5S. The number of alkyl halides is 3. The van der Waals surface area contributed by atoms with E-state index in [2.05, 4.69) is 5.32 Å². The van der Waals surface area contributed by atoms with Crippen LogP contribution in [0.4, 0.5) is 22.4 Å². The summed E-state index contributed by atoms with van der Waals surface area (Å²) in [4.78, 5) is 24.9. The molecule has 35 heavy (non-hydrogen) atoms. The zero-order valence-electron chi connectivity index (χ0n) is 18.3. The molecule has 1 saturated heterocycles. The number of rotatable bonds is 8. The fraction of sp³-hybridized carbons (Fsp3) is 0.550. The lowest BCUT2D eigenvalue weighted by Gasteiger charge is -2.34. The fourth-order valence-electron chi connectivity index (χ4n) is 3.62. The van der Waals surface area contributed by atoms with Crippen LogP contribution in [0.1, 0.15) is 24.4 Å². The number of halogens is 4. The van der Waals surface area contributed by atoms with Crippen LogP contribution in [0.3, 0.4) is 0 Å². The summed E-state index contributed by atoms with van der Waals surface area (Å²) < 4.78 is 81.8. The van der Waals surface area contributed by atoms with E-state index >= 15 is 0 Å². The molecule has 10 nitrogen and oxygen atoms in total. The molecule has 1 aromatic rings. The molecular weight excluding hydrogens is 498 g/mol. The molecule has 2 fully saturated rings. The number of carbonyl (C=O) groups excluding carboxylic acids is 1. The first-order valence-corrected chi connectivity index (χ1v) is 12.1. The topological polar surface area (TPSA) is 143 Å². The lowest BCUT2D eigenvalue weighted by molar-refractivity contribution is -0.160. The minimum Gasteiger partial charge on any atom is -0.465 e. The zero-order valence-corrected chi connectivity index (χ0v) is 19.1. The van der Waals surface area contributed by atoms with Gasteiger partial charge in [-0.25, -0.2) is 17.6 Å². The molecule has 1 aromatic carbocycles. The van der Waals surface area contributed by atoms with E-state index in [1.54, 1.807) is 0 Å². The van der Waals surface area contributed by atoms with Crippen LogP contribution in [0.15, 0.2) is 24.3 Å². The number of nitrogens with zero attached hydrogens (tertiary/aromatic N) is 3. The van der Waals surface area contributed by atoms with Gasteiger partial charge in [0.1, 0.15) is 23.4 Å². The lowest BCUT2D eigenvalue weighted by atomic mass is 10.0. The third kappa shape index (κ3) is 6.59. The van der Waals surface area contributed by atoms with Crippen LogP contribution in [0, 0.1) is 17.1 Å². The van der Waals surface area contributed by atoms with Crippen molar-refractivity contribution in [1.29, 1.82) is 5.26 Å². The van der Waals surface area contributed by atoms with Crippen LogP contribution < -0.4 is 10.6 Å². The van der Waals surface area contributed by atoms with Crippen molar-refractivity contribution in [2.75, 3.05) is 31.9 Å². The van der Waals surface area contributed by atoms with Crippen LogP contribution in [-0.2, 0) is 14.8 Å². The van der Waals surface area contributed by atoms with Crippen molar-refractivity contribution >= 4 is 22.0 Å². The second-order valence-corrected chi connectivity index (χ2v) is 10.4. The molecule has 0 aromatic heterocycles. The fourth-order valence-corrected chi connectivity index (χ4v) is 5.22. The van der Waals surface area contributed by atoms with Gasteiger partial charge in [0.05, 0.1) is 11.8 Å².